The summed E-state index contributed by atoms with van der Waals surface area (Å²) in [5.74, 6) is 0. The van der Waals surface area contributed by atoms with Crippen LogP contribution in [-0.2, 0) is 0 Å². The third-order valence-electron chi connectivity index (χ3n) is 4.85. The first-order valence-corrected chi connectivity index (χ1v) is 7.45. The first-order valence-electron chi connectivity index (χ1n) is 7.45. The number of likely N-dealkylation sites (N-methyl/N-ethyl adjacent to an activating group) is 1. The van der Waals surface area contributed by atoms with Gasteiger partial charge in [0.05, 0.1) is 0 Å². The summed E-state index contributed by atoms with van der Waals surface area (Å²) in [7, 11) is 2.31. The molecule has 0 spiro atoms. The molecular formula is C15H26N2. The fraction of sp³-hybridized carbons (Fsp3) is 0.867. The normalized spacial score (nSPS) is 31.9. The molecule has 0 radical (unpaired) electrons. The molecule has 1 unspecified atom stereocenters. The molecule has 3 rings (SSSR count). The Morgan fingerprint density at radius 2 is 1.65 bits per heavy atom. The summed E-state index contributed by atoms with van der Waals surface area (Å²) >= 11 is 0. The molecule has 2 heterocycles. The molecule has 2 nitrogen and oxygen atoms in total. The van der Waals surface area contributed by atoms with Gasteiger partial charge in [-0.15, -0.1) is 0 Å². The minimum absolute atomic E-state index is 0.832. The van der Waals surface area contributed by atoms with E-state index in [0.717, 1.165) is 6.04 Å². The molecule has 0 aromatic heterocycles. The predicted octanol–water partition coefficient (Wildman–Crippen LogP) is 2.66. The van der Waals surface area contributed by atoms with Crippen molar-refractivity contribution >= 4 is 0 Å². The third kappa shape index (κ3) is 2.92. The Balaban J connectivity index is 1.48. The molecule has 2 saturated heterocycles. The van der Waals surface area contributed by atoms with Crippen LogP contribution in [0.5, 0.6) is 0 Å². The Hall–Kier alpha value is -0.340. The maximum Gasteiger partial charge on any atom is 0.0220 e. The van der Waals surface area contributed by atoms with E-state index in [1.807, 2.05) is 5.57 Å². The lowest BCUT2D eigenvalue weighted by atomic mass is 9.99. The van der Waals surface area contributed by atoms with E-state index in [4.69, 9.17) is 0 Å². The number of hydrogen-bond donors (Lipinski definition) is 0. The topological polar surface area (TPSA) is 6.48 Å². The monoisotopic (exact) mass is 234 g/mol. The Kier molecular flexibility index (Phi) is 3.53. The maximum absolute atomic E-state index is 2.71. The van der Waals surface area contributed by atoms with Gasteiger partial charge >= 0.3 is 0 Å². The lowest BCUT2D eigenvalue weighted by Crippen LogP contribution is -2.46. The van der Waals surface area contributed by atoms with Gasteiger partial charge in [-0.05, 0) is 52.1 Å². The van der Waals surface area contributed by atoms with Gasteiger partial charge in [0.1, 0.15) is 0 Å². The van der Waals surface area contributed by atoms with Crippen molar-refractivity contribution in [1.29, 1.82) is 0 Å². The summed E-state index contributed by atoms with van der Waals surface area (Å²) in [5, 5.41) is 0. The molecule has 1 aliphatic carbocycles. The van der Waals surface area contributed by atoms with Crippen molar-refractivity contribution in [1.82, 2.24) is 9.80 Å². The van der Waals surface area contributed by atoms with Crippen LogP contribution in [0.25, 0.3) is 0 Å². The molecule has 0 amide bonds. The van der Waals surface area contributed by atoms with E-state index in [1.165, 1.54) is 71.1 Å². The van der Waals surface area contributed by atoms with Crippen LogP contribution in [0.15, 0.2) is 11.1 Å². The average molecular weight is 234 g/mol. The summed E-state index contributed by atoms with van der Waals surface area (Å²) in [6.45, 7) is 5.28. The third-order valence-corrected chi connectivity index (χ3v) is 4.85. The van der Waals surface area contributed by atoms with Crippen LogP contribution in [0.1, 0.15) is 44.9 Å². The molecule has 0 bridgehead atoms. The fourth-order valence-electron chi connectivity index (χ4n) is 3.45. The van der Waals surface area contributed by atoms with E-state index >= 15 is 0 Å². The van der Waals surface area contributed by atoms with Gasteiger partial charge in [-0.2, -0.15) is 0 Å². The Labute approximate surface area is 106 Å². The van der Waals surface area contributed by atoms with Gasteiger partial charge in [-0.1, -0.05) is 17.6 Å². The van der Waals surface area contributed by atoms with Gasteiger partial charge in [0, 0.05) is 25.7 Å². The zero-order valence-electron chi connectivity index (χ0n) is 11.2. The second-order valence-electron chi connectivity index (χ2n) is 6.14. The molecule has 17 heavy (non-hydrogen) atoms. The van der Waals surface area contributed by atoms with Crippen LogP contribution in [0, 0.1) is 0 Å². The van der Waals surface area contributed by atoms with Crippen LogP contribution >= 0.6 is 0 Å². The molecule has 0 N–H and O–H groups in total. The number of hydrogen-bond acceptors (Lipinski definition) is 2. The summed E-state index contributed by atoms with van der Waals surface area (Å²) in [6, 6.07) is 0.832. The van der Waals surface area contributed by atoms with E-state index in [0.29, 0.717) is 0 Å². The van der Waals surface area contributed by atoms with Crippen molar-refractivity contribution < 1.29 is 0 Å². The van der Waals surface area contributed by atoms with Crippen molar-refractivity contribution in [3.63, 3.8) is 0 Å². The van der Waals surface area contributed by atoms with Crippen molar-refractivity contribution in [2.75, 3.05) is 33.2 Å². The summed E-state index contributed by atoms with van der Waals surface area (Å²) < 4.78 is 0. The minimum atomic E-state index is 0.832. The fourth-order valence-corrected chi connectivity index (χ4v) is 3.45. The van der Waals surface area contributed by atoms with Crippen molar-refractivity contribution in [3.05, 3.63) is 11.1 Å². The van der Waals surface area contributed by atoms with Crippen LogP contribution in [0.3, 0.4) is 0 Å². The van der Waals surface area contributed by atoms with Gasteiger partial charge < -0.3 is 9.80 Å². The minimum Gasteiger partial charge on any atom is -0.302 e. The average Bonchev–Trinajstić information content (AvgIpc) is 3.17. The first-order chi connectivity index (χ1) is 8.33. The van der Waals surface area contributed by atoms with Crippen molar-refractivity contribution in [2.24, 2.45) is 0 Å². The summed E-state index contributed by atoms with van der Waals surface area (Å²) in [4.78, 5) is 5.29. The molecule has 0 aromatic rings. The Bertz CT molecular complexity index is 292. The Morgan fingerprint density at radius 1 is 0.941 bits per heavy atom. The van der Waals surface area contributed by atoms with Gasteiger partial charge in [0.25, 0.3) is 0 Å². The lowest BCUT2D eigenvalue weighted by molar-refractivity contribution is 0.123. The van der Waals surface area contributed by atoms with Gasteiger partial charge in [0.15, 0.2) is 0 Å². The number of likely N-dealkylation sites (tertiary alicyclic amines) is 2. The SMILES string of the molecule is CN1CCCCC1CN1CCC(=C2CC2)CC1. The maximum atomic E-state index is 2.71. The molecule has 1 atom stereocenters. The summed E-state index contributed by atoms with van der Waals surface area (Å²) in [5.41, 5.74) is 3.62. The highest BCUT2D eigenvalue weighted by molar-refractivity contribution is 5.26. The quantitative estimate of drug-likeness (QED) is 0.678. The van der Waals surface area contributed by atoms with E-state index in [-0.39, 0.29) is 0 Å². The molecule has 0 aromatic carbocycles. The number of allylic oxidation sites excluding steroid dienone is 1. The largest absolute Gasteiger partial charge is 0.302 e. The van der Waals surface area contributed by atoms with E-state index in [9.17, 15) is 0 Å². The molecule has 3 aliphatic rings. The molecule has 2 aliphatic heterocycles. The zero-order chi connectivity index (χ0) is 11.7. The molecule has 1 saturated carbocycles. The number of piperidine rings is 2. The highest BCUT2D eigenvalue weighted by atomic mass is 15.2. The smallest absolute Gasteiger partial charge is 0.0220 e. The van der Waals surface area contributed by atoms with Gasteiger partial charge in [-0.3, -0.25) is 0 Å². The second kappa shape index (κ2) is 5.11. The van der Waals surface area contributed by atoms with Gasteiger partial charge in [-0.25, -0.2) is 0 Å². The standard InChI is InChI=1S/C15H26N2/c1-16-9-3-2-4-15(16)12-17-10-7-14(8-11-17)13-5-6-13/h15H,2-12H2,1H3. The first kappa shape index (κ1) is 11.7. The van der Waals surface area contributed by atoms with E-state index < -0.39 is 0 Å². The van der Waals surface area contributed by atoms with Crippen molar-refractivity contribution in [2.45, 2.75) is 51.0 Å². The van der Waals surface area contributed by atoms with Crippen LogP contribution < -0.4 is 0 Å². The highest BCUT2D eigenvalue weighted by Crippen LogP contribution is 2.36. The molecule has 96 valence electrons. The zero-order valence-corrected chi connectivity index (χ0v) is 11.2. The summed E-state index contributed by atoms with van der Waals surface area (Å²) in [6.07, 6.45) is 9.83. The van der Waals surface area contributed by atoms with E-state index in [2.05, 4.69) is 16.8 Å². The van der Waals surface area contributed by atoms with Gasteiger partial charge in [0.2, 0.25) is 0 Å². The van der Waals surface area contributed by atoms with E-state index in [1.54, 1.807) is 5.57 Å². The molecular weight excluding hydrogens is 208 g/mol. The number of nitrogens with zero attached hydrogens (tertiary/aromatic N) is 2. The lowest BCUT2D eigenvalue weighted by Gasteiger charge is -2.38. The number of rotatable bonds is 2. The highest BCUT2D eigenvalue weighted by Gasteiger charge is 2.25. The second-order valence-corrected chi connectivity index (χ2v) is 6.14. The van der Waals surface area contributed by atoms with Crippen LogP contribution in [0.4, 0.5) is 0 Å². The van der Waals surface area contributed by atoms with Crippen LogP contribution in [-0.4, -0.2) is 49.1 Å². The van der Waals surface area contributed by atoms with Crippen LogP contribution in [0.2, 0.25) is 0 Å². The van der Waals surface area contributed by atoms with Crippen molar-refractivity contribution in [3.8, 4) is 0 Å². The predicted molar refractivity (Wildman–Crippen MR) is 72.2 cm³/mol. The molecule has 2 heteroatoms. The molecule has 3 fully saturated rings. The Morgan fingerprint density at radius 3 is 2.29 bits per heavy atom.